The number of aromatic nitrogens is 2. The first-order valence-electron chi connectivity index (χ1n) is 4.84. The third kappa shape index (κ3) is 2.61. The fourth-order valence-electron chi connectivity index (χ4n) is 1.48. The first-order chi connectivity index (χ1) is 7.28. The molecule has 2 rings (SSSR count). The van der Waals surface area contributed by atoms with Crippen LogP contribution in [0.2, 0.25) is 0 Å². The van der Waals surface area contributed by atoms with Gasteiger partial charge in [0.1, 0.15) is 5.82 Å². The van der Waals surface area contributed by atoms with Crippen molar-refractivity contribution < 1.29 is 0 Å². The van der Waals surface area contributed by atoms with E-state index >= 15 is 0 Å². The monoisotopic (exact) mass is 219 g/mol. The Morgan fingerprint density at radius 2 is 2.13 bits per heavy atom. The van der Waals surface area contributed by atoms with Crippen LogP contribution < -0.4 is 5.73 Å². The SMILES string of the molecule is Cc1nc(CN)cc(Cc2cccs2)n1. The van der Waals surface area contributed by atoms with Gasteiger partial charge in [0.2, 0.25) is 0 Å². The minimum absolute atomic E-state index is 0.473. The summed E-state index contributed by atoms with van der Waals surface area (Å²) in [5.74, 6) is 0.796. The van der Waals surface area contributed by atoms with Gasteiger partial charge in [-0.2, -0.15) is 0 Å². The fraction of sp³-hybridized carbons (Fsp3) is 0.273. The second-order valence-corrected chi connectivity index (χ2v) is 4.39. The van der Waals surface area contributed by atoms with Crippen molar-refractivity contribution in [2.24, 2.45) is 5.73 Å². The Morgan fingerprint density at radius 3 is 2.80 bits per heavy atom. The van der Waals surface area contributed by atoms with Crippen molar-refractivity contribution in [1.82, 2.24) is 9.97 Å². The highest BCUT2D eigenvalue weighted by atomic mass is 32.1. The lowest BCUT2D eigenvalue weighted by molar-refractivity contribution is 0.892. The van der Waals surface area contributed by atoms with E-state index in [-0.39, 0.29) is 0 Å². The number of hydrogen-bond acceptors (Lipinski definition) is 4. The molecule has 0 aliphatic heterocycles. The fourth-order valence-corrected chi connectivity index (χ4v) is 2.20. The van der Waals surface area contributed by atoms with E-state index in [2.05, 4.69) is 27.5 Å². The number of rotatable bonds is 3. The maximum absolute atomic E-state index is 5.57. The molecule has 2 heterocycles. The largest absolute Gasteiger partial charge is 0.325 e. The van der Waals surface area contributed by atoms with Crippen LogP contribution in [-0.2, 0) is 13.0 Å². The molecule has 0 saturated heterocycles. The Balaban J connectivity index is 2.24. The molecule has 0 saturated carbocycles. The zero-order valence-corrected chi connectivity index (χ0v) is 9.42. The van der Waals surface area contributed by atoms with E-state index in [1.54, 1.807) is 11.3 Å². The maximum Gasteiger partial charge on any atom is 0.125 e. The van der Waals surface area contributed by atoms with Gasteiger partial charge in [-0.25, -0.2) is 9.97 Å². The van der Waals surface area contributed by atoms with E-state index < -0.39 is 0 Å². The Labute approximate surface area is 93.0 Å². The van der Waals surface area contributed by atoms with Gasteiger partial charge in [0.05, 0.1) is 5.69 Å². The molecule has 0 unspecified atom stereocenters. The normalized spacial score (nSPS) is 10.5. The summed E-state index contributed by atoms with van der Waals surface area (Å²) in [5, 5.41) is 2.08. The van der Waals surface area contributed by atoms with Crippen molar-refractivity contribution in [1.29, 1.82) is 0 Å². The molecule has 0 atom stereocenters. The molecule has 3 nitrogen and oxygen atoms in total. The molecule has 0 spiro atoms. The lowest BCUT2D eigenvalue weighted by Gasteiger charge is -2.03. The van der Waals surface area contributed by atoms with Crippen molar-refractivity contribution in [3.05, 3.63) is 45.7 Å². The van der Waals surface area contributed by atoms with Gasteiger partial charge in [0.25, 0.3) is 0 Å². The average molecular weight is 219 g/mol. The molecule has 2 aromatic rings. The predicted octanol–water partition coefficient (Wildman–Crippen LogP) is 1.90. The summed E-state index contributed by atoms with van der Waals surface area (Å²) < 4.78 is 0. The van der Waals surface area contributed by atoms with E-state index in [1.165, 1.54) is 4.88 Å². The quantitative estimate of drug-likeness (QED) is 0.857. The molecular weight excluding hydrogens is 206 g/mol. The van der Waals surface area contributed by atoms with Crippen LogP contribution in [0.15, 0.2) is 23.6 Å². The van der Waals surface area contributed by atoms with Crippen LogP contribution in [0.4, 0.5) is 0 Å². The van der Waals surface area contributed by atoms with Crippen LogP contribution in [0.25, 0.3) is 0 Å². The lowest BCUT2D eigenvalue weighted by Crippen LogP contribution is -2.05. The molecular formula is C11H13N3S. The smallest absolute Gasteiger partial charge is 0.125 e. The van der Waals surface area contributed by atoms with Crippen LogP contribution in [0, 0.1) is 6.92 Å². The second kappa shape index (κ2) is 4.51. The first kappa shape index (κ1) is 10.3. The molecule has 0 aliphatic rings. The van der Waals surface area contributed by atoms with E-state index in [0.717, 1.165) is 23.6 Å². The van der Waals surface area contributed by atoms with Gasteiger partial charge in [0, 0.05) is 23.5 Å². The summed E-state index contributed by atoms with van der Waals surface area (Å²) >= 11 is 1.75. The number of hydrogen-bond donors (Lipinski definition) is 1. The number of nitrogens with two attached hydrogens (primary N) is 1. The Hall–Kier alpha value is -1.26. The van der Waals surface area contributed by atoms with Crippen molar-refractivity contribution in [3.63, 3.8) is 0 Å². The Bertz CT molecular complexity index is 437. The van der Waals surface area contributed by atoms with Crippen LogP contribution in [0.3, 0.4) is 0 Å². The van der Waals surface area contributed by atoms with Crippen LogP contribution in [0.1, 0.15) is 22.1 Å². The van der Waals surface area contributed by atoms with Crippen molar-refractivity contribution in [3.8, 4) is 0 Å². The molecule has 15 heavy (non-hydrogen) atoms. The summed E-state index contributed by atoms with van der Waals surface area (Å²) in [7, 11) is 0. The van der Waals surface area contributed by atoms with Gasteiger partial charge < -0.3 is 5.73 Å². The zero-order chi connectivity index (χ0) is 10.7. The lowest BCUT2D eigenvalue weighted by atomic mass is 10.2. The van der Waals surface area contributed by atoms with E-state index in [0.29, 0.717) is 6.54 Å². The summed E-state index contributed by atoms with van der Waals surface area (Å²) in [6.07, 6.45) is 0.869. The zero-order valence-electron chi connectivity index (χ0n) is 8.60. The number of nitrogens with zero attached hydrogens (tertiary/aromatic N) is 2. The maximum atomic E-state index is 5.57. The van der Waals surface area contributed by atoms with Crippen LogP contribution in [0.5, 0.6) is 0 Å². The molecule has 0 bridgehead atoms. The number of aryl methyl sites for hydroxylation is 1. The Kier molecular flexibility index (Phi) is 3.08. The van der Waals surface area contributed by atoms with Gasteiger partial charge in [-0.15, -0.1) is 11.3 Å². The van der Waals surface area contributed by atoms with E-state index in [9.17, 15) is 0 Å². The summed E-state index contributed by atoms with van der Waals surface area (Å²) in [6, 6.07) is 6.15. The van der Waals surface area contributed by atoms with Gasteiger partial charge in [-0.3, -0.25) is 0 Å². The first-order valence-corrected chi connectivity index (χ1v) is 5.72. The van der Waals surface area contributed by atoms with Crippen LogP contribution in [-0.4, -0.2) is 9.97 Å². The molecule has 0 fully saturated rings. The molecule has 0 aliphatic carbocycles. The molecule has 4 heteroatoms. The molecule has 0 amide bonds. The average Bonchev–Trinajstić information content (AvgIpc) is 2.69. The highest BCUT2D eigenvalue weighted by Crippen LogP contribution is 2.13. The van der Waals surface area contributed by atoms with Gasteiger partial charge >= 0.3 is 0 Å². The minimum Gasteiger partial charge on any atom is -0.325 e. The Morgan fingerprint density at radius 1 is 1.33 bits per heavy atom. The third-order valence-electron chi connectivity index (χ3n) is 2.09. The molecule has 0 radical (unpaired) electrons. The highest BCUT2D eigenvalue weighted by Gasteiger charge is 2.02. The van der Waals surface area contributed by atoms with Crippen LogP contribution >= 0.6 is 11.3 Å². The predicted molar refractivity (Wildman–Crippen MR) is 61.8 cm³/mol. The standard InChI is InChI=1S/C11H13N3S/c1-8-13-9(5-10(7-12)14-8)6-11-3-2-4-15-11/h2-5H,6-7,12H2,1H3. The van der Waals surface area contributed by atoms with Gasteiger partial charge in [-0.1, -0.05) is 6.07 Å². The van der Waals surface area contributed by atoms with Crippen molar-refractivity contribution >= 4 is 11.3 Å². The van der Waals surface area contributed by atoms with E-state index in [1.807, 2.05) is 13.0 Å². The van der Waals surface area contributed by atoms with Gasteiger partial charge in [-0.05, 0) is 24.4 Å². The molecule has 2 N–H and O–H groups in total. The van der Waals surface area contributed by atoms with Gasteiger partial charge in [0.15, 0.2) is 0 Å². The number of thiophene rings is 1. The van der Waals surface area contributed by atoms with Crippen molar-refractivity contribution in [2.75, 3.05) is 0 Å². The molecule has 0 aromatic carbocycles. The minimum atomic E-state index is 0.473. The third-order valence-corrected chi connectivity index (χ3v) is 2.97. The summed E-state index contributed by atoms with van der Waals surface area (Å²) in [4.78, 5) is 9.96. The summed E-state index contributed by atoms with van der Waals surface area (Å²) in [5.41, 5.74) is 7.53. The van der Waals surface area contributed by atoms with Crippen molar-refractivity contribution in [2.45, 2.75) is 19.9 Å². The summed E-state index contributed by atoms with van der Waals surface area (Å²) in [6.45, 7) is 2.37. The molecule has 2 aromatic heterocycles. The molecule has 78 valence electrons. The second-order valence-electron chi connectivity index (χ2n) is 3.36. The highest BCUT2D eigenvalue weighted by molar-refractivity contribution is 7.09. The van der Waals surface area contributed by atoms with E-state index in [4.69, 9.17) is 5.73 Å². The topological polar surface area (TPSA) is 51.8 Å².